The Hall–Kier alpha value is -2.36. The first-order valence-electron chi connectivity index (χ1n) is 6.18. The Kier molecular flexibility index (Phi) is 2.71. The van der Waals surface area contributed by atoms with E-state index in [2.05, 4.69) is 4.99 Å². The number of hydrogen-bond acceptors (Lipinski definition) is 3. The van der Waals surface area contributed by atoms with E-state index in [9.17, 15) is 9.90 Å². The highest BCUT2D eigenvalue weighted by Gasteiger charge is 2.19. The first-order valence-corrected chi connectivity index (χ1v) is 6.18. The highest BCUT2D eigenvalue weighted by Crippen LogP contribution is 2.32. The third-order valence-electron chi connectivity index (χ3n) is 3.25. The van der Waals surface area contributed by atoms with Crippen molar-refractivity contribution in [2.24, 2.45) is 4.99 Å². The zero-order valence-electron chi connectivity index (χ0n) is 10.6. The summed E-state index contributed by atoms with van der Waals surface area (Å²) in [5, 5.41) is 12.2. The Morgan fingerprint density at radius 2 is 2.05 bits per heavy atom. The number of carbonyl (C=O) groups is 1. The summed E-state index contributed by atoms with van der Waals surface area (Å²) in [6.45, 7) is 2.16. The van der Waals surface area contributed by atoms with Gasteiger partial charge < -0.3 is 10.0 Å². The molecule has 0 aliphatic carbocycles. The summed E-state index contributed by atoms with van der Waals surface area (Å²) in [4.78, 5) is 17.1. The number of amidine groups is 1. The van der Waals surface area contributed by atoms with Crippen molar-refractivity contribution >= 4 is 28.3 Å². The maximum atomic E-state index is 11.3. The fourth-order valence-electron chi connectivity index (χ4n) is 2.47. The van der Waals surface area contributed by atoms with Crippen LogP contribution in [0.25, 0.3) is 10.8 Å². The van der Waals surface area contributed by atoms with Crippen LogP contribution < -0.4 is 0 Å². The van der Waals surface area contributed by atoms with Gasteiger partial charge in [0, 0.05) is 11.9 Å². The number of ketones is 1. The van der Waals surface area contributed by atoms with Gasteiger partial charge in [0.25, 0.3) is 6.02 Å². The van der Waals surface area contributed by atoms with Gasteiger partial charge in [-0.1, -0.05) is 30.3 Å². The van der Waals surface area contributed by atoms with Crippen LogP contribution in [0.1, 0.15) is 12.5 Å². The van der Waals surface area contributed by atoms with Crippen molar-refractivity contribution in [2.75, 3.05) is 6.54 Å². The molecule has 3 rings (SSSR count). The SMILES string of the molecule is CC(=O)CN1Cc2cccc3cccc(c23)N=C1O. The van der Waals surface area contributed by atoms with Crippen LogP contribution in [0.5, 0.6) is 0 Å². The van der Waals surface area contributed by atoms with E-state index in [1.54, 1.807) is 4.90 Å². The molecule has 4 nitrogen and oxygen atoms in total. The highest BCUT2D eigenvalue weighted by atomic mass is 16.3. The topological polar surface area (TPSA) is 52.9 Å². The molecule has 1 aliphatic rings. The minimum absolute atomic E-state index is 0.000110. The van der Waals surface area contributed by atoms with Gasteiger partial charge in [0.1, 0.15) is 5.78 Å². The van der Waals surface area contributed by atoms with Crippen molar-refractivity contribution in [2.45, 2.75) is 13.5 Å². The number of rotatable bonds is 2. The van der Waals surface area contributed by atoms with Gasteiger partial charge in [-0.15, -0.1) is 0 Å². The molecule has 0 aromatic heterocycles. The number of aliphatic hydroxyl groups excluding tert-OH is 1. The minimum Gasteiger partial charge on any atom is -0.480 e. The summed E-state index contributed by atoms with van der Waals surface area (Å²) in [6, 6.07) is 11.7. The quantitative estimate of drug-likeness (QED) is 0.896. The van der Waals surface area contributed by atoms with E-state index in [0.717, 1.165) is 22.0 Å². The lowest BCUT2D eigenvalue weighted by Gasteiger charge is -2.19. The zero-order chi connectivity index (χ0) is 13.4. The number of benzene rings is 2. The third kappa shape index (κ3) is 2.05. The van der Waals surface area contributed by atoms with Crippen LogP contribution in [0.4, 0.5) is 5.69 Å². The average Bonchev–Trinajstić information content (AvgIpc) is 2.49. The molecule has 1 heterocycles. The molecule has 0 atom stereocenters. The summed E-state index contributed by atoms with van der Waals surface area (Å²) in [6.07, 6.45) is 0. The van der Waals surface area contributed by atoms with Crippen LogP contribution in [-0.4, -0.2) is 28.4 Å². The van der Waals surface area contributed by atoms with Crippen LogP contribution in [0, 0.1) is 0 Å². The predicted octanol–water partition coefficient (Wildman–Crippen LogP) is 2.79. The zero-order valence-corrected chi connectivity index (χ0v) is 10.6. The number of aliphatic imine (C=N–C) groups is 1. The van der Waals surface area contributed by atoms with Crippen molar-refractivity contribution in [3.05, 3.63) is 42.0 Å². The van der Waals surface area contributed by atoms with E-state index < -0.39 is 0 Å². The second-order valence-electron chi connectivity index (χ2n) is 4.76. The summed E-state index contributed by atoms with van der Waals surface area (Å²) >= 11 is 0. The predicted molar refractivity (Wildman–Crippen MR) is 74.8 cm³/mol. The fourth-order valence-corrected chi connectivity index (χ4v) is 2.47. The van der Waals surface area contributed by atoms with E-state index in [1.807, 2.05) is 36.4 Å². The van der Waals surface area contributed by atoms with Gasteiger partial charge >= 0.3 is 0 Å². The number of carbonyl (C=O) groups excluding carboxylic acids is 1. The first kappa shape index (κ1) is 11.7. The number of Topliss-reactive ketones (excluding diaryl/α,β-unsaturated/α-hetero) is 1. The summed E-state index contributed by atoms with van der Waals surface area (Å²) < 4.78 is 0. The molecular weight excluding hydrogens is 240 g/mol. The Morgan fingerprint density at radius 1 is 1.32 bits per heavy atom. The number of hydrogen-bond donors (Lipinski definition) is 1. The second-order valence-corrected chi connectivity index (χ2v) is 4.76. The van der Waals surface area contributed by atoms with Gasteiger partial charge in [-0.3, -0.25) is 4.79 Å². The standard InChI is InChI=1S/C15H14N2O2/c1-10(18)8-17-9-12-6-2-4-11-5-3-7-13(14(11)12)16-15(17)19/h2-7H,8-9H2,1H3,(H,16,19). The van der Waals surface area contributed by atoms with Crippen LogP contribution in [0.2, 0.25) is 0 Å². The van der Waals surface area contributed by atoms with Crippen LogP contribution in [0.15, 0.2) is 41.4 Å². The maximum Gasteiger partial charge on any atom is 0.290 e. The Labute approximate surface area is 111 Å². The molecule has 2 aromatic carbocycles. The number of nitrogens with zero attached hydrogens (tertiary/aromatic N) is 2. The molecule has 96 valence electrons. The van der Waals surface area contributed by atoms with Gasteiger partial charge in [-0.05, 0) is 23.9 Å². The molecule has 0 amide bonds. The lowest BCUT2D eigenvalue weighted by molar-refractivity contribution is -0.117. The van der Waals surface area contributed by atoms with Gasteiger partial charge in [0.15, 0.2) is 0 Å². The summed E-state index contributed by atoms with van der Waals surface area (Å²) in [5.41, 5.74) is 1.82. The molecule has 0 saturated carbocycles. The normalized spacial score (nSPS) is 14.2. The lowest BCUT2D eigenvalue weighted by atomic mass is 10.0. The average molecular weight is 254 g/mol. The second kappa shape index (κ2) is 4.39. The molecule has 0 unspecified atom stereocenters. The van der Waals surface area contributed by atoms with E-state index in [4.69, 9.17) is 0 Å². The Morgan fingerprint density at radius 3 is 2.79 bits per heavy atom. The largest absolute Gasteiger partial charge is 0.480 e. The van der Waals surface area contributed by atoms with E-state index in [-0.39, 0.29) is 18.3 Å². The van der Waals surface area contributed by atoms with E-state index in [1.165, 1.54) is 6.92 Å². The Bertz CT molecular complexity index is 686. The molecule has 19 heavy (non-hydrogen) atoms. The lowest BCUT2D eigenvalue weighted by Crippen LogP contribution is -2.33. The third-order valence-corrected chi connectivity index (χ3v) is 3.25. The number of aliphatic hydroxyl groups is 1. The summed E-state index contributed by atoms with van der Waals surface area (Å²) in [5.74, 6) is -0.000110. The van der Waals surface area contributed by atoms with Crippen LogP contribution >= 0.6 is 0 Å². The minimum atomic E-state index is -0.0982. The molecule has 1 N–H and O–H groups in total. The first-order chi connectivity index (χ1) is 9.15. The molecule has 0 spiro atoms. The van der Waals surface area contributed by atoms with Crippen LogP contribution in [0.3, 0.4) is 0 Å². The van der Waals surface area contributed by atoms with E-state index >= 15 is 0 Å². The van der Waals surface area contributed by atoms with E-state index in [0.29, 0.717) is 6.54 Å². The van der Waals surface area contributed by atoms with Crippen LogP contribution in [-0.2, 0) is 11.3 Å². The van der Waals surface area contributed by atoms with Gasteiger partial charge in [-0.25, -0.2) is 0 Å². The fraction of sp³-hybridized carbons (Fsp3) is 0.200. The van der Waals surface area contributed by atoms with Crippen molar-refractivity contribution < 1.29 is 9.90 Å². The molecule has 2 aromatic rings. The van der Waals surface area contributed by atoms with Crippen molar-refractivity contribution in [1.29, 1.82) is 0 Å². The molecule has 1 aliphatic heterocycles. The van der Waals surface area contributed by atoms with Gasteiger partial charge in [-0.2, -0.15) is 4.99 Å². The monoisotopic (exact) mass is 254 g/mol. The van der Waals surface area contributed by atoms with Crippen molar-refractivity contribution in [1.82, 2.24) is 4.90 Å². The highest BCUT2D eigenvalue weighted by molar-refractivity contribution is 5.98. The molecule has 4 heteroatoms. The van der Waals surface area contributed by atoms with Gasteiger partial charge in [0.2, 0.25) is 0 Å². The molecule has 0 radical (unpaired) electrons. The molecule has 0 bridgehead atoms. The molecule has 0 fully saturated rings. The van der Waals surface area contributed by atoms with Crippen molar-refractivity contribution in [3.63, 3.8) is 0 Å². The van der Waals surface area contributed by atoms with Gasteiger partial charge in [0.05, 0.1) is 12.2 Å². The molecular formula is C15H14N2O2. The maximum absolute atomic E-state index is 11.3. The molecule has 0 saturated heterocycles. The summed E-state index contributed by atoms with van der Waals surface area (Å²) in [7, 11) is 0. The van der Waals surface area contributed by atoms with Crippen molar-refractivity contribution in [3.8, 4) is 0 Å². The smallest absolute Gasteiger partial charge is 0.290 e. The Balaban J connectivity index is 2.19.